The maximum absolute atomic E-state index is 12.4. The Morgan fingerprint density at radius 2 is 2.25 bits per heavy atom. The van der Waals surface area contributed by atoms with Gasteiger partial charge in [0.1, 0.15) is 0 Å². The van der Waals surface area contributed by atoms with Crippen molar-refractivity contribution < 1.29 is 4.48 Å². The second-order valence-corrected chi connectivity index (χ2v) is 2.47. The molecule has 0 aromatic heterocycles. The van der Waals surface area contributed by atoms with Gasteiger partial charge < -0.3 is 0 Å². The summed E-state index contributed by atoms with van der Waals surface area (Å²) in [6.45, 7) is 2.57. The molecule has 0 aromatic carbocycles. The summed E-state index contributed by atoms with van der Waals surface area (Å²) in [7, 11) is 0. The smallest absolute Gasteiger partial charge is 0.0374 e. The third kappa shape index (κ3) is 1.19. The van der Waals surface area contributed by atoms with Gasteiger partial charge in [-0.15, -0.1) is 9.60 Å². The fourth-order valence-electron chi connectivity index (χ4n) is 1.06. The van der Waals surface area contributed by atoms with Crippen molar-refractivity contribution in [2.45, 2.75) is 32.2 Å². The molecule has 0 unspecified atom stereocenters. The number of hydrogen-bond donors (Lipinski definition) is 0. The van der Waals surface area contributed by atoms with E-state index in [2.05, 4.69) is 0 Å². The zero-order valence-electron chi connectivity index (χ0n) is 5.23. The van der Waals surface area contributed by atoms with Crippen LogP contribution in [0.4, 0.5) is 4.48 Å². The van der Waals surface area contributed by atoms with Gasteiger partial charge in [0, 0.05) is 12.6 Å². The van der Waals surface area contributed by atoms with Crippen LogP contribution in [-0.2, 0) is 0 Å². The highest BCUT2D eigenvalue weighted by Gasteiger charge is 2.16. The Hall–Kier alpha value is -0.110. The molecule has 0 radical (unpaired) electrons. The average molecular weight is 117 g/mol. The molecule has 1 aliphatic rings. The molecule has 1 nitrogen and oxygen atoms in total. The van der Waals surface area contributed by atoms with Gasteiger partial charge in [0.2, 0.25) is 0 Å². The first kappa shape index (κ1) is 6.02. The van der Waals surface area contributed by atoms with E-state index in [9.17, 15) is 4.48 Å². The van der Waals surface area contributed by atoms with Crippen molar-refractivity contribution in [3.05, 3.63) is 0 Å². The summed E-state index contributed by atoms with van der Waals surface area (Å²) in [6, 6.07) is 0.170. The van der Waals surface area contributed by atoms with Crippen molar-refractivity contribution in [1.29, 1.82) is 0 Å². The summed E-state index contributed by atoms with van der Waals surface area (Å²) < 4.78 is 12.4. The average Bonchev–Trinajstić information content (AvgIpc) is 1.77. The van der Waals surface area contributed by atoms with Crippen molar-refractivity contribution in [3.8, 4) is 0 Å². The largest absolute Gasteiger partial charge is 0.144 e. The van der Waals surface area contributed by atoms with E-state index in [1.807, 2.05) is 6.92 Å². The Bertz CT molecular complexity index is 64.9. The molecule has 1 atom stereocenters. The lowest BCUT2D eigenvalue weighted by Gasteiger charge is -2.24. The molecule has 1 heterocycles. The fraction of sp³-hybridized carbons (Fsp3) is 1.00. The first-order valence-corrected chi connectivity index (χ1v) is 3.23. The lowest BCUT2D eigenvalue weighted by molar-refractivity contribution is -0.0366. The highest BCUT2D eigenvalue weighted by atomic mass is 19.2. The second kappa shape index (κ2) is 2.44. The van der Waals surface area contributed by atoms with Gasteiger partial charge in [-0.05, 0) is 19.8 Å². The Balaban J connectivity index is 2.28. The molecular formula is C6H12FN. The maximum atomic E-state index is 12.4. The first-order chi connectivity index (χ1) is 3.80. The fourth-order valence-corrected chi connectivity index (χ4v) is 1.06. The van der Waals surface area contributed by atoms with E-state index < -0.39 is 0 Å². The van der Waals surface area contributed by atoms with Gasteiger partial charge in [0.15, 0.2) is 0 Å². The summed E-state index contributed by atoms with van der Waals surface area (Å²) in [6.07, 6.45) is 3.25. The monoisotopic (exact) mass is 117 g/mol. The highest BCUT2D eigenvalue weighted by molar-refractivity contribution is 4.65. The number of rotatable bonds is 0. The van der Waals surface area contributed by atoms with E-state index in [0.717, 1.165) is 18.0 Å². The van der Waals surface area contributed by atoms with Gasteiger partial charge in [-0.25, -0.2) is 0 Å². The van der Waals surface area contributed by atoms with Crippen LogP contribution in [0.25, 0.3) is 0 Å². The minimum absolute atomic E-state index is 0.170. The third-order valence-electron chi connectivity index (χ3n) is 1.72. The number of nitrogens with zero attached hydrogens (tertiary/aromatic N) is 1. The molecule has 0 aromatic rings. The van der Waals surface area contributed by atoms with Crippen LogP contribution in [0, 0.1) is 0 Å². The SMILES string of the molecule is C[C@H]1CCCCN1F. The molecule has 8 heavy (non-hydrogen) atoms. The van der Waals surface area contributed by atoms with Gasteiger partial charge in [-0.3, -0.25) is 0 Å². The van der Waals surface area contributed by atoms with Crippen molar-refractivity contribution in [3.63, 3.8) is 0 Å². The van der Waals surface area contributed by atoms with Crippen LogP contribution in [0.2, 0.25) is 0 Å². The zero-order chi connectivity index (χ0) is 5.98. The highest BCUT2D eigenvalue weighted by Crippen LogP contribution is 2.15. The maximum Gasteiger partial charge on any atom is 0.0374 e. The van der Waals surface area contributed by atoms with Crippen LogP contribution < -0.4 is 0 Å². The molecule has 0 bridgehead atoms. The number of piperidine rings is 1. The van der Waals surface area contributed by atoms with Crippen molar-refractivity contribution >= 4 is 0 Å². The van der Waals surface area contributed by atoms with Gasteiger partial charge in [0.05, 0.1) is 0 Å². The Morgan fingerprint density at radius 3 is 2.62 bits per heavy atom. The van der Waals surface area contributed by atoms with E-state index in [1.54, 1.807) is 0 Å². The summed E-state index contributed by atoms with van der Waals surface area (Å²) >= 11 is 0. The number of halogens is 1. The van der Waals surface area contributed by atoms with Crippen molar-refractivity contribution in [1.82, 2.24) is 5.12 Å². The van der Waals surface area contributed by atoms with Crippen LogP contribution in [0.5, 0.6) is 0 Å². The van der Waals surface area contributed by atoms with Gasteiger partial charge in [-0.1, -0.05) is 6.42 Å². The quantitative estimate of drug-likeness (QED) is 0.437. The molecule has 2 heteroatoms. The molecule has 1 rings (SSSR count). The lowest BCUT2D eigenvalue weighted by Crippen LogP contribution is -2.30. The van der Waals surface area contributed by atoms with Crippen LogP contribution in [-0.4, -0.2) is 17.7 Å². The normalized spacial score (nSPS) is 33.0. The topological polar surface area (TPSA) is 3.24 Å². The Morgan fingerprint density at radius 1 is 1.50 bits per heavy atom. The Kier molecular flexibility index (Phi) is 1.84. The molecule has 48 valence electrons. The summed E-state index contributed by atoms with van der Waals surface area (Å²) in [5.74, 6) is 0. The van der Waals surface area contributed by atoms with Crippen molar-refractivity contribution in [2.24, 2.45) is 0 Å². The van der Waals surface area contributed by atoms with E-state index in [1.165, 1.54) is 6.42 Å². The lowest BCUT2D eigenvalue weighted by atomic mass is 10.1. The van der Waals surface area contributed by atoms with E-state index in [4.69, 9.17) is 0 Å². The minimum Gasteiger partial charge on any atom is -0.144 e. The minimum atomic E-state index is 0.170. The van der Waals surface area contributed by atoms with E-state index >= 15 is 0 Å². The molecule has 0 saturated carbocycles. The number of hydrogen-bond acceptors (Lipinski definition) is 1. The molecule has 0 aliphatic carbocycles. The molecule has 0 amide bonds. The van der Waals surface area contributed by atoms with Crippen LogP contribution in [0.15, 0.2) is 0 Å². The molecular weight excluding hydrogens is 105 g/mol. The van der Waals surface area contributed by atoms with Gasteiger partial charge >= 0.3 is 0 Å². The third-order valence-corrected chi connectivity index (χ3v) is 1.72. The predicted octanol–water partition coefficient (Wildman–Crippen LogP) is 1.75. The standard InChI is InChI=1S/C6H12FN/c1-6-4-2-3-5-8(6)7/h6H,2-5H2,1H3/t6-/m0/s1. The molecule has 0 N–H and O–H groups in total. The molecule has 1 fully saturated rings. The van der Waals surface area contributed by atoms with Crippen molar-refractivity contribution in [2.75, 3.05) is 6.54 Å². The van der Waals surface area contributed by atoms with Crippen LogP contribution >= 0.6 is 0 Å². The van der Waals surface area contributed by atoms with E-state index in [0.29, 0.717) is 6.54 Å². The second-order valence-electron chi connectivity index (χ2n) is 2.47. The molecule has 1 aliphatic heterocycles. The molecule has 1 saturated heterocycles. The van der Waals surface area contributed by atoms with Crippen LogP contribution in [0.3, 0.4) is 0 Å². The zero-order valence-corrected chi connectivity index (χ0v) is 5.23. The van der Waals surface area contributed by atoms with Crippen LogP contribution in [0.1, 0.15) is 26.2 Å². The molecule has 0 spiro atoms. The van der Waals surface area contributed by atoms with Gasteiger partial charge in [0.25, 0.3) is 0 Å². The summed E-state index contributed by atoms with van der Waals surface area (Å²) in [5.41, 5.74) is 0. The van der Waals surface area contributed by atoms with E-state index in [-0.39, 0.29) is 6.04 Å². The summed E-state index contributed by atoms with van der Waals surface area (Å²) in [5, 5.41) is 0.934. The Labute approximate surface area is 49.4 Å². The summed E-state index contributed by atoms with van der Waals surface area (Å²) in [4.78, 5) is 0. The first-order valence-electron chi connectivity index (χ1n) is 3.23. The predicted molar refractivity (Wildman–Crippen MR) is 31.1 cm³/mol. The van der Waals surface area contributed by atoms with Gasteiger partial charge in [-0.2, -0.15) is 0 Å².